The number of nitrogens with zero attached hydrogens (tertiary/aromatic N) is 2. The predicted molar refractivity (Wildman–Crippen MR) is 124 cm³/mol. The van der Waals surface area contributed by atoms with Crippen LogP contribution in [0.2, 0.25) is 0 Å². The van der Waals surface area contributed by atoms with Crippen molar-refractivity contribution in [2.45, 2.75) is 16.2 Å². The highest BCUT2D eigenvalue weighted by molar-refractivity contribution is 7.99. The van der Waals surface area contributed by atoms with Crippen LogP contribution in [0.4, 0.5) is 5.69 Å². The third-order valence-electron chi connectivity index (χ3n) is 4.82. The van der Waals surface area contributed by atoms with Crippen LogP contribution in [0, 0.1) is 21.4 Å². The van der Waals surface area contributed by atoms with E-state index in [9.17, 15) is 20.2 Å². The molecule has 0 saturated heterocycles. The molecule has 0 aliphatic rings. The fourth-order valence-electron chi connectivity index (χ4n) is 3.20. The summed E-state index contributed by atoms with van der Waals surface area (Å²) in [6, 6.07) is 19.3. The number of carbonyl (C=O) groups excluding carboxylic acids is 1. The monoisotopic (exact) mass is 463 g/mol. The standard InChI is InChI=1S/C24H21N3O5S/c1-31-20-13-16(19(27(29)30)14-21(20)32-2)11-12-26-24(28)18-8-4-6-10-23(18)33-22-9-5-3-7-17(22)15-25/h3-10,13-14H,11-12H2,1-2H3,(H,26,28). The van der Waals surface area contributed by atoms with Crippen LogP contribution in [0.3, 0.4) is 0 Å². The Morgan fingerprint density at radius 2 is 1.70 bits per heavy atom. The highest BCUT2D eigenvalue weighted by atomic mass is 32.2. The van der Waals surface area contributed by atoms with Crippen molar-refractivity contribution in [1.29, 1.82) is 5.26 Å². The van der Waals surface area contributed by atoms with Gasteiger partial charge in [0.15, 0.2) is 11.5 Å². The van der Waals surface area contributed by atoms with Crippen LogP contribution in [0.25, 0.3) is 0 Å². The molecule has 3 aromatic rings. The number of hydrogen-bond donors (Lipinski definition) is 1. The van der Waals surface area contributed by atoms with Gasteiger partial charge < -0.3 is 14.8 Å². The molecule has 0 bridgehead atoms. The van der Waals surface area contributed by atoms with Gasteiger partial charge in [-0.3, -0.25) is 14.9 Å². The Morgan fingerprint density at radius 1 is 1.06 bits per heavy atom. The zero-order valence-corrected chi connectivity index (χ0v) is 18.8. The largest absolute Gasteiger partial charge is 0.493 e. The fourth-order valence-corrected chi connectivity index (χ4v) is 4.22. The Balaban J connectivity index is 1.75. The van der Waals surface area contributed by atoms with E-state index in [0.717, 1.165) is 4.90 Å². The maximum Gasteiger partial charge on any atom is 0.276 e. The van der Waals surface area contributed by atoms with Gasteiger partial charge in [-0.25, -0.2) is 0 Å². The molecule has 1 N–H and O–H groups in total. The van der Waals surface area contributed by atoms with Gasteiger partial charge in [0.05, 0.1) is 36.3 Å². The first-order chi connectivity index (χ1) is 16.0. The van der Waals surface area contributed by atoms with Crippen molar-refractivity contribution in [3.63, 3.8) is 0 Å². The highest BCUT2D eigenvalue weighted by Gasteiger charge is 2.20. The number of hydrogen-bond acceptors (Lipinski definition) is 7. The topological polar surface area (TPSA) is 114 Å². The molecule has 0 aromatic heterocycles. The summed E-state index contributed by atoms with van der Waals surface area (Å²) in [4.78, 5) is 25.3. The summed E-state index contributed by atoms with van der Waals surface area (Å²) < 4.78 is 10.4. The lowest BCUT2D eigenvalue weighted by molar-refractivity contribution is -0.385. The normalized spacial score (nSPS) is 10.2. The lowest BCUT2D eigenvalue weighted by Crippen LogP contribution is -2.26. The summed E-state index contributed by atoms with van der Waals surface area (Å²) in [5.74, 6) is 0.332. The average Bonchev–Trinajstić information content (AvgIpc) is 2.84. The number of benzene rings is 3. The zero-order chi connectivity index (χ0) is 23.8. The number of carbonyl (C=O) groups is 1. The molecule has 33 heavy (non-hydrogen) atoms. The fraction of sp³-hybridized carbons (Fsp3) is 0.167. The van der Waals surface area contributed by atoms with Crippen molar-refractivity contribution in [3.05, 3.63) is 87.5 Å². The molecule has 0 aliphatic heterocycles. The van der Waals surface area contributed by atoms with Crippen LogP contribution >= 0.6 is 11.8 Å². The molecular formula is C24H21N3O5S. The van der Waals surface area contributed by atoms with E-state index < -0.39 is 4.92 Å². The third-order valence-corrected chi connectivity index (χ3v) is 5.97. The molecule has 0 aliphatic carbocycles. The summed E-state index contributed by atoms with van der Waals surface area (Å²) >= 11 is 1.34. The number of nitro benzene ring substituents is 1. The molecule has 0 fully saturated rings. The Kier molecular flexibility index (Phi) is 7.89. The van der Waals surface area contributed by atoms with Crippen molar-refractivity contribution in [2.24, 2.45) is 0 Å². The Bertz CT molecular complexity index is 1220. The van der Waals surface area contributed by atoms with E-state index in [4.69, 9.17) is 9.47 Å². The van der Waals surface area contributed by atoms with Gasteiger partial charge in [-0.15, -0.1) is 0 Å². The number of amides is 1. The first-order valence-electron chi connectivity index (χ1n) is 9.92. The van der Waals surface area contributed by atoms with E-state index in [2.05, 4.69) is 11.4 Å². The summed E-state index contributed by atoms with van der Waals surface area (Å²) in [5.41, 5.74) is 1.30. The first kappa shape index (κ1) is 23.6. The molecule has 3 rings (SSSR count). The number of nitriles is 1. The maximum absolute atomic E-state index is 12.9. The molecule has 0 unspecified atom stereocenters. The van der Waals surface area contributed by atoms with Gasteiger partial charge in [0.25, 0.3) is 11.6 Å². The number of rotatable bonds is 9. The summed E-state index contributed by atoms with van der Waals surface area (Å²) in [6.07, 6.45) is 0.231. The summed E-state index contributed by atoms with van der Waals surface area (Å²) in [5, 5.41) is 23.6. The minimum Gasteiger partial charge on any atom is -0.493 e. The molecular weight excluding hydrogens is 442 g/mol. The van der Waals surface area contributed by atoms with Gasteiger partial charge in [-0.1, -0.05) is 36.0 Å². The van der Waals surface area contributed by atoms with Gasteiger partial charge in [0.1, 0.15) is 6.07 Å². The summed E-state index contributed by atoms with van der Waals surface area (Å²) in [6.45, 7) is 0.183. The molecule has 1 amide bonds. The Morgan fingerprint density at radius 3 is 2.36 bits per heavy atom. The van der Waals surface area contributed by atoms with Gasteiger partial charge in [0, 0.05) is 21.9 Å². The molecule has 0 heterocycles. The van der Waals surface area contributed by atoms with Crippen LogP contribution in [-0.4, -0.2) is 31.6 Å². The molecule has 0 saturated carbocycles. The van der Waals surface area contributed by atoms with Crippen LogP contribution in [0.15, 0.2) is 70.5 Å². The van der Waals surface area contributed by atoms with E-state index in [0.29, 0.717) is 27.3 Å². The number of ether oxygens (including phenoxy) is 2. The van der Waals surface area contributed by atoms with E-state index in [1.165, 1.54) is 32.0 Å². The van der Waals surface area contributed by atoms with Crippen molar-refractivity contribution < 1.29 is 19.2 Å². The van der Waals surface area contributed by atoms with Crippen molar-refractivity contribution in [1.82, 2.24) is 5.32 Å². The second kappa shape index (κ2) is 11.0. The van der Waals surface area contributed by atoms with Crippen LogP contribution < -0.4 is 14.8 Å². The van der Waals surface area contributed by atoms with E-state index in [-0.39, 0.29) is 30.3 Å². The maximum atomic E-state index is 12.9. The number of nitro groups is 1. The lowest BCUT2D eigenvalue weighted by Gasteiger charge is -2.12. The summed E-state index contributed by atoms with van der Waals surface area (Å²) in [7, 11) is 2.86. The van der Waals surface area contributed by atoms with Crippen molar-refractivity contribution >= 4 is 23.4 Å². The molecule has 9 heteroatoms. The second-order valence-electron chi connectivity index (χ2n) is 6.81. The Labute approximate surface area is 195 Å². The minimum absolute atomic E-state index is 0.106. The van der Waals surface area contributed by atoms with E-state index >= 15 is 0 Å². The zero-order valence-electron chi connectivity index (χ0n) is 18.0. The molecule has 8 nitrogen and oxygen atoms in total. The Hall–Kier alpha value is -4.03. The quantitative estimate of drug-likeness (QED) is 0.364. The van der Waals surface area contributed by atoms with Gasteiger partial charge in [-0.05, 0) is 36.8 Å². The molecule has 3 aromatic carbocycles. The van der Waals surface area contributed by atoms with Crippen LogP contribution in [0.1, 0.15) is 21.5 Å². The van der Waals surface area contributed by atoms with E-state index in [1.54, 1.807) is 30.3 Å². The predicted octanol–water partition coefficient (Wildman–Crippen LogP) is 4.61. The molecule has 0 radical (unpaired) electrons. The van der Waals surface area contributed by atoms with Gasteiger partial charge >= 0.3 is 0 Å². The van der Waals surface area contributed by atoms with Crippen LogP contribution in [0.5, 0.6) is 11.5 Å². The van der Waals surface area contributed by atoms with Crippen molar-refractivity contribution in [3.8, 4) is 17.6 Å². The van der Waals surface area contributed by atoms with Gasteiger partial charge in [0.2, 0.25) is 0 Å². The van der Waals surface area contributed by atoms with Gasteiger partial charge in [-0.2, -0.15) is 5.26 Å². The number of nitrogens with one attached hydrogen (secondary N) is 1. The SMILES string of the molecule is COc1cc(CCNC(=O)c2ccccc2Sc2ccccc2C#N)c([N+](=O)[O-])cc1OC. The van der Waals surface area contributed by atoms with E-state index in [1.807, 2.05) is 24.3 Å². The minimum atomic E-state index is -0.488. The third kappa shape index (κ3) is 5.61. The molecule has 0 atom stereocenters. The molecule has 0 spiro atoms. The van der Waals surface area contributed by atoms with Crippen molar-refractivity contribution in [2.75, 3.05) is 20.8 Å². The average molecular weight is 464 g/mol. The highest BCUT2D eigenvalue weighted by Crippen LogP contribution is 2.35. The first-order valence-corrected chi connectivity index (χ1v) is 10.7. The second-order valence-corrected chi connectivity index (χ2v) is 7.89. The number of methoxy groups -OCH3 is 2. The van der Waals surface area contributed by atoms with Crippen LogP contribution in [-0.2, 0) is 6.42 Å². The smallest absolute Gasteiger partial charge is 0.276 e. The molecule has 168 valence electrons. The lowest BCUT2D eigenvalue weighted by atomic mass is 10.1.